The van der Waals surface area contributed by atoms with E-state index >= 15 is 0 Å². The van der Waals surface area contributed by atoms with Gasteiger partial charge in [-0.15, -0.1) is 0 Å². The molecule has 5 heteroatoms. The monoisotopic (exact) mass is 328 g/mol. The summed E-state index contributed by atoms with van der Waals surface area (Å²) in [4.78, 5) is 9.01. The van der Waals surface area contributed by atoms with Crippen molar-refractivity contribution < 1.29 is 4.74 Å². The van der Waals surface area contributed by atoms with Crippen LogP contribution in [0.25, 0.3) is 0 Å². The van der Waals surface area contributed by atoms with Gasteiger partial charge in [0.15, 0.2) is 0 Å². The number of benzene rings is 1. The second-order valence-corrected chi connectivity index (χ2v) is 6.14. The predicted molar refractivity (Wildman–Crippen MR) is 100 cm³/mol. The SMILES string of the molecule is CCCCCNc1nc(C)cc(Nc2ccccc2OC(C)C)n1. The number of ether oxygens (including phenoxy) is 1. The highest BCUT2D eigenvalue weighted by molar-refractivity contribution is 5.64. The highest BCUT2D eigenvalue weighted by atomic mass is 16.5. The average Bonchev–Trinajstić information content (AvgIpc) is 2.52. The van der Waals surface area contributed by atoms with Crippen molar-refractivity contribution in [3.8, 4) is 5.75 Å². The fourth-order valence-electron chi connectivity index (χ4n) is 2.35. The Bertz CT molecular complexity index is 643. The number of para-hydroxylation sites is 2. The van der Waals surface area contributed by atoms with E-state index < -0.39 is 0 Å². The van der Waals surface area contributed by atoms with Crippen LogP contribution in [0.3, 0.4) is 0 Å². The molecule has 2 rings (SSSR count). The van der Waals surface area contributed by atoms with Gasteiger partial charge in [0.1, 0.15) is 11.6 Å². The molecule has 24 heavy (non-hydrogen) atoms. The van der Waals surface area contributed by atoms with E-state index in [0.717, 1.165) is 35.9 Å². The summed E-state index contributed by atoms with van der Waals surface area (Å²) in [5, 5.41) is 6.64. The maximum absolute atomic E-state index is 5.85. The summed E-state index contributed by atoms with van der Waals surface area (Å²) in [5.41, 5.74) is 1.83. The first kappa shape index (κ1) is 18.0. The van der Waals surface area contributed by atoms with Crippen molar-refractivity contribution in [3.05, 3.63) is 36.0 Å². The lowest BCUT2D eigenvalue weighted by Crippen LogP contribution is -2.09. The highest BCUT2D eigenvalue weighted by Gasteiger charge is 2.08. The van der Waals surface area contributed by atoms with Gasteiger partial charge in [-0.1, -0.05) is 31.9 Å². The number of aromatic nitrogens is 2. The van der Waals surface area contributed by atoms with Gasteiger partial charge in [0.05, 0.1) is 11.8 Å². The maximum Gasteiger partial charge on any atom is 0.224 e. The third-order valence-electron chi connectivity index (χ3n) is 3.43. The highest BCUT2D eigenvalue weighted by Crippen LogP contribution is 2.28. The number of unbranched alkanes of at least 4 members (excludes halogenated alkanes) is 2. The van der Waals surface area contributed by atoms with Gasteiger partial charge < -0.3 is 15.4 Å². The third kappa shape index (κ3) is 5.72. The lowest BCUT2D eigenvalue weighted by molar-refractivity contribution is 0.244. The smallest absolute Gasteiger partial charge is 0.224 e. The number of hydrogen-bond donors (Lipinski definition) is 2. The Morgan fingerprint density at radius 2 is 1.92 bits per heavy atom. The first-order valence-electron chi connectivity index (χ1n) is 8.70. The Hall–Kier alpha value is -2.30. The van der Waals surface area contributed by atoms with Gasteiger partial charge >= 0.3 is 0 Å². The Morgan fingerprint density at radius 3 is 2.67 bits per heavy atom. The molecule has 2 N–H and O–H groups in total. The quantitative estimate of drug-likeness (QED) is 0.640. The van der Waals surface area contributed by atoms with Gasteiger partial charge in [-0.2, -0.15) is 4.98 Å². The van der Waals surface area contributed by atoms with Gasteiger partial charge in [0.25, 0.3) is 0 Å². The van der Waals surface area contributed by atoms with Crippen LogP contribution in [0.5, 0.6) is 5.75 Å². The molecule has 0 amide bonds. The molecule has 0 unspecified atom stereocenters. The molecular weight excluding hydrogens is 300 g/mol. The third-order valence-corrected chi connectivity index (χ3v) is 3.43. The zero-order valence-corrected chi connectivity index (χ0v) is 15.1. The molecule has 0 aliphatic heterocycles. The van der Waals surface area contributed by atoms with Crippen molar-refractivity contribution in [2.45, 2.75) is 53.1 Å². The first-order chi connectivity index (χ1) is 11.6. The van der Waals surface area contributed by atoms with Crippen molar-refractivity contribution in [3.63, 3.8) is 0 Å². The summed E-state index contributed by atoms with van der Waals surface area (Å²) >= 11 is 0. The molecule has 0 fully saturated rings. The second-order valence-electron chi connectivity index (χ2n) is 6.14. The van der Waals surface area contributed by atoms with Crippen molar-refractivity contribution >= 4 is 17.5 Å². The fraction of sp³-hybridized carbons (Fsp3) is 0.474. The van der Waals surface area contributed by atoms with Crippen molar-refractivity contribution in [2.75, 3.05) is 17.2 Å². The second kappa shape index (κ2) is 9.11. The Balaban J connectivity index is 2.11. The first-order valence-corrected chi connectivity index (χ1v) is 8.70. The number of anilines is 3. The fourth-order valence-corrected chi connectivity index (χ4v) is 2.35. The maximum atomic E-state index is 5.85. The molecule has 1 aromatic carbocycles. The Labute approximate surface area is 144 Å². The molecule has 0 bridgehead atoms. The summed E-state index contributed by atoms with van der Waals surface area (Å²) in [7, 11) is 0. The largest absolute Gasteiger partial charge is 0.489 e. The molecule has 0 aliphatic carbocycles. The summed E-state index contributed by atoms with van der Waals surface area (Å²) in [5.74, 6) is 2.25. The number of nitrogens with zero attached hydrogens (tertiary/aromatic N) is 2. The van der Waals surface area contributed by atoms with E-state index in [2.05, 4.69) is 27.5 Å². The van der Waals surface area contributed by atoms with Gasteiger partial charge in [-0.25, -0.2) is 4.98 Å². The van der Waals surface area contributed by atoms with E-state index in [1.165, 1.54) is 12.8 Å². The average molecular weight is 328 g/mol. The number of hydrogen-bond acceptors (Lipinski definition) is 5. The molecule has 0 saturated heterocycles. The Kier molecular flexibility index (Phi) is 6.85. The minimum atomic E-state index is 0.121. The minimum Gasteiger partial charge on any atom is -0.489 e. The molecular formula is C19H28N4O. The summed E-state index contributed by atoms with van der Waals surface area (Å²) in [6.45, 7) is 9.10. The number of aryl methyl sites for hydroxylation is 1. The number of nitrogens with one attached hydrogen (secondary N) is 2. The lowest BCUT2D eigenvalue weighted by Gasteiger charge is -2.15. The van der Waals surface area contributed by atoms with E-state index in [1.54, 1.807) is 0 Å². The van der Waals surface area contributed by atoms with E-state index in [4.69, 9.17) is 4.74 Å². The number of rotatable bonds is 9. The van der Waals surface area contributed by atoms with E-state index in [9.17, 15) is 0 Å². The standard InChI is InChI=1S/C19H28N4O/c1-5-6-9-12-20-19-21-15(4)13-18(23-19)22-16-10-7-8-11-17(16)24-14(2)3/h7-8,10-11,13-14H,5-6,9,12H2,1-4H3,(H2,20,21,22,23). The van der Waals surface area contributed by atoms with Crippen LogP contribution in [0.4, 0.5) is 17.5 Å². The van der Waals surface area contributed by atoms with Crippen LogP contribution < -0.4 is 15.4 Å². The molecule has 2 aromatic rings. The molecule has 0 saturated carbocycles. The topological polar surface area (TPSA) is 59.1 Å². The van der Waals surface area contributed by atoms with Gasteiger partial charge in [-0.3, -0.25) is 0 Å². The van der Waals surface area contributed by atoms with Crippen LogP contribution in [-0.2, 0) is 0 Å². The predicted octanol–water partition coefficient (Wildman–Crippen LogP) is 4.92. The molecule has 130 valence electrons. The molecule has 5 nitrogen and oxygen atoms in total. The molecule has 0 aliphatic rings. The van der Waals surface area contributed by atoms with E-state index in [0.29, 0.717) is 5.95 Å². The van der Waals surface area contributed by atoms with Crippen molar-refractivity contribution in [1.29, 1.82) is 0 Å². The van der Waals surface area contributed by atoms with Crippen LogP contribution in [-0.4, -0.2) is 22.6 Å². The zero-order valence-electron chi connectivity index (χ0n) is 15.1. The van der Waals surface area contributed by atoms with Crippen LogP contribution in [0.2, 0.25) is 0 Å². The summed E-state index contributed by atoms with van der Waals surface area (Å²) in [6.07, 6.45) is 3.66. The van der Waals surface area contributed by atoms with Crippen molar-refractivity contribution in [2.24, 2.45) is 0 Å². The molecule has 1 heterocycles. The molecule has 1 aromatic heterocycles. The van der Waals surface area contributed by atoms with Crippen LogP contribution in [0, 0.1) is 6.92 Å². The van der Waals surface area contributed by atoms with Crippen LogP contribution >= 0.6 is 0 Å². The summed E-state index contributed by atoms with van der Waals surface area (Å²) < 4.78 is 5.85. The van der Waals surface area contributed by atoms with E-state index in [1.807, 2.05) is 51.1 Å². The van der Waals surface area contributed by atoms with Crippen LogP contribution in [0.1, 0.15) is 45.7 Å². The minimum absolute atomic E-state index is 0.121. The van der Waals surface area contributed by atoms with Crippen molar-refractivity contribution in [1.82, 2.24) is 9.97 Å². The summed E-state index contributed by atoms with van der Waals surface area (Å²) in [6, 6.07) is 9.83. The van der Waals surface area contributed by atoms with Gasteiger partial charge in [-0.05, 0) is 39.3 Å². The lowest BCUT2D eigenvalue weighted by atomic mass is 10.2. The molecule has 0 radical (unpaired) electrons. The van der Waals surface area contributed by atoms with E-state index in [-0.39, 0.29) is 6.10 Å². The van der Waals surface area contributed by atoms with Gasteiger partial charge in [0.2, 0.25) is 5.95 Å². The normalized spacial score (nSPS) is 10.7. The molecule has 0 spiro atoms. The zero-order chi connectivity index (χ0) is 17.4. The Morgan fingerprint density at radius 1 is 1.12 bits per heavy atom. The van der Waals surface area contributed by atoms with Gasteiger partial charge in [0, 0.05) is 18.3 Å². The molecule has 0 atom stereocenters. The van der Waals surface area contributed by atoms with Crippen LogP contribution in [0.15, 0.2) is 30.3 Å².